The Kier molecular flexibility index (Phi) is 5.43. The average Bonchev–Trinajstić information content (AvgIpc) is 3.18. The molecule has 0 nitrogen and oxygen atoms in total. The van der Waals surface area contributed by atoms with Gasteiger partial charge >= 0.3 is 0 Å². The molecule has 0 amide bonds. The first-order valence-electron chi connectivity index (χ1n) is 10.6. The van der Waals surface area contributed by atoms with Gasteiger partial charge in [0.1, 0.15) is 0 Å². The molecule has 0 N–H and O–H groups in total. The van der Waals surface area contributed by atoms with E-state index in [0.29, 0.717) is 5.54 Å². The van der Waals surface area contributed by atoms with E-state index in [9.17, 15) is 0 Å². The Morgan fingerprint density at radius 3 is 1.48 bits per heavy atom. The van der Waals surface area contributed by atoms with E-state index in [0.717, 1.165) is 6.42 Å². The van der Waals surface area contributed by atoms with E-state index in [1.165, 1.54) is 37.8 Å². The summed E-state index contributed by atoms with van der Waals surface area (Å²) in [6.45, 7) is 8.90. The van der Waals surface area contributed by atoms with Crippen molar-refractivity contribution in [3.8, 4) is 0 Å². The second kappa shape index (κ2) is 8.00. The minimum absolute atomic E-state index is 0.419. The second-order valence-corrected chi connectivity index (χ2v) is 12.4. The average molecular weight is 395 g/mol. The van der Waals surface area contributed by atoms with Crippen LogP contribution in [0.4, 0.5) is 0 Å². The van der Waals surface area contributed by atoms with Crippen LogP contribution < -0.4 is 15.6 Å². The molecular formula is C28H30Si. The zero-order valence-electron chi connectivity index (χ0n) is 17.9. The summed E-state index contributed by atoms with van der Waals surface area (Å²) < 4.78 is 0. The zero-order chi connectivity index (χ0) is 20.4. The molecule has 1 aliphatic rings. The lowest BCUT2D eigenvalue weighted by molar-refractivity contribution is 1.15. The predicted octanol–water partition coefficient (Wildman–Crippen LogP) is 5.36. The number of hydrogen-bond donors (Lipinski definition) is 0. The van der Waals surface area contributed by atoms with Crippen molar-refractivity contribution in [1.82, 2.24) is 0 Å². The number of hydrogen-bond acceptors (Lipinski definition) is 0. The highest BCUT2D eigenvalue weighted by molar-refractivity contribution is 7.13. The smallest absolute Gasteiger partial charge is 0.0790 e. The Morgan fingerprint density at radius 1 is 0.690 bits per heavy atom. The summed E-state index contributed by atoms with van der Waals surface area (Å²) in [5, 5.41) is 4.49. The van der Waals surface area contributed by atoms with Crippen molar-refractivity contribution in [3.05, 3.63) is 113 Å². The molecule has 1 atom stereocenters. The van der Waals surface area contributed by atoms with Gasteiger partial charge in [0.2, 0.25) is 0 Å². The van der Waals surface area contributed by atoms with Crippen LogP contribution in [-0.2, 0) is 0 Å². The lowest BCUT2D eigenvalue weighted by Gasteiger charge is -2.38. The van der Waals surface area contributed by atoms with E-state index in [4.69, 9.17) is 0 Å². The van der Waals surface area contributed by atoms with Gasteiger partial charge in [-0.1, -0.05) is 120 Å². The lowest BCUT2D eigenvalue weighted by atomic mass is 10.2. The van der Waals surface area contributed by atoms with Crippen molar-refractivity contribution >= 4 is 23.6 Å². The van der Waals surface area contributed by atoms with E-state index < -0.39 is 8.07 Å². The second-order valence-electron chi connectivity index (χ2n) is 8.40. The Hall–Kier alpha value is -2.64. The first-order valence-corrected chi connectivity index (χ1v) is 12.7. The van der Waals surface area contributed by atoms with E-state index >= 15 is 0 Å². The van der Waals surface area contributed by atoms with E-state index in [1.807, 2.05) is 0 Å². The molecule has 3 aromatic rings. The predicted molar refractivity (Wildman–Crippen MR) is 129 cm³/mol. The van der Waals surface area contributed by atoms with E-state index in [-0.39, 0.29) is 0 Å². The Labute approximate surface area is 176 Å². The quantitative estimate of drug-likeness (QED) is 0.404. The van der Waals surface area contributed by atoms with E-state index in [1.54, 1.807) is 0 Å². The molecule has 1 heteroatoms. The van der Waals surface area contributed by atoms with Crippen LogP contribution in [0.3, 0.4) is 0 Å². The normalized spacial score (nSPS) is 16.1. The standard InChI is InChI=1S/C28H30Si/c1-5-24-15-16-28(20-24)29(25-12-6-9-21(2)17-25,26-13-7-10-22(3)18-26)27-14-8-11-23(4)19-27/h6-20,28H,5H2,1-4H3. The molecule has 0 radical (unpaired) electrons. The molecule has 146 valence electrons. The highest BCUT2D eigenvalue weighted by Crippen LogP contribution is 2.33. The van der Waals surface area contributed by atoms with Gasteiger partial charge in [-0.25, -0.2) is 0 Å². The Balaban J connectivity index is 2.11. The third kappa shape index (κ3) is 3.56. The number of benzene rings is 3. The summed E-state index contributed by atoms with van der Waals surface area (Å²) in [6, 6.07) is 27.8. The van der Waals surface area contributed by atoms with Crippen molar-refractivity contribution in [1.29, 1.82) is 0 Å². The van der Waals surface area contributed by atoms with Gasteiger partial charge in [-0.3, -0.25) is 0 Å². The Morgan fingerprint density at radius 2 is 1.14 bits per heavy atom. The zero-order valence-corrected chi connectivity index (χ0v) is 18.9. The summed E-state index contributed by atoms with van der Waals surface area (Å²) >= 11 is 0. The monoisotopic (exact) mass is 394 g/mol. The van der Waals surface area contributed by atoms with Crippen LogP contribution in [0.5, 0.6) is 0 Å². The van der Waals surface area contributed by atoms with Crippen LogP contribution >= 0.6 is 0 Å². The molecular weight excluding hydrogens is 364 g/mol. The van der Waals surface area contributed by atoms with Gasteiger partial charge < -0.3 is 0 Å². The molecule has 0 saturated carbocycles. The van der Waals surface area contributed by atoms with Crippen molar-refractivity contribution in [2.75, 3.05) is 0 Å². The van der Waals surface area contributed by atoms with Crippen LogP contribution in [0.15, 0.2) is 96.6 Å². The summed E-state index contributed by atoms with van der Waals surface area (Å²) in [5.74, 6) is 0. The fourth-order valence-electron chi connectivity index (χ4n) is 4.82. The molecule has 1 aliphatic carbocycles. The highest BCUT2D eigenvalue weighted by atomic mass is 28.3. The number of aryl methyl sites for hydroxylation is 3. The molecule has 0 aliphatic heterocycles. The molecule has 29 heavy (non-hydrogen) atoms. The van der Waals surface area contributed by atoms with Crippen LogP contribution in [0.1, 0.15) is 30.0 Å². The van der Waals surface area contributed by atoms with Crippen LogP contribution in [-0.4, -0.2) is 8.07 Å². The summed E-state index contributed by atoms with van der Waals surface area (Å²) in [5.41, 5.74) is 5.88. The molecule has 0 fully saturated rings. The highest BCUT2D eigenvalue weighted by Gasteiger charge is 2.45. The van der Waals surface area contributed by atoms with Gasteiger partial charge in [0.15, 0.2) is 8.07 Å². The van der Waals surface area contributed by atoms with Gasteiger partial charge in [0, 0.05) is 5.54 Å². The maximum Gasteiger partial charge on any atom is 0.158 e. The first-order chi connectivity index (χ1) is 14.0. The largest absolute Gasteiger partial charge is 0.158 e. The maximum atomic E-state index is 2.54. The van der Waals surface area contributed by atoms with Crippen LogP contribution in [0.25, 0.3) is 0 Å². The minimum atomic E-state index is -2.31. The van der Waals surface area contributed by atoms with Gasteiger partial charge in [-0.2, -0.15) is 0 Å². The summed E-state index contributed by atoms with van der Waals surface area (Å²) in [7, 11) is -2.31. The third-order valence-electron chi connectivity index (χ3n) is 6.24. The van der Waals surface area contributed by atoms with Crippen LogP contribution in [0, 0.1) is 20.8 Å². The summed E-state index contributed by atoms with van der Waals surface area (Å²) in [6.07, 6.45) is 8.46. The van der Waals surface area contributed by atoms with Gasteiger partial charge in [-0.15, -0.1) is 0 Å². The van der Waals surface area contributed by atoms with Crippen molar-refractivity contribution in [3.63, 3.8) is 0 Å². The fourth-order valence-corrected chi connectivity index (χ4v) is 10.3. The molecule has 0 aromatic heterocycles. The SMILES string of the molecule is CCC1=CC([Si](c2cccc(C)c2)(c2cccc(C)c2)c2cccc(C)c2)C=C1. The molecule has 0 heterocycles. The lowest BCUT2D eigenvalue weighted by Crippen LogP contribution is -2.69. The molecule has 1 unspecified atom stereocenters. The molecule has 0 bridgehead atoms. The first kappa shape index (κ1) is 19.7. The van der Waals surface area contributed by atoms with Gasteiger partial charge in [0.05, 0.1) is 0 Å². The molecule has 0 spiro atoms. The molecule has 0 saturated heterocycles. The van der Waals surface area contributed by atoms with Crippen LogP contribution in [0.2, 0.25) is 5.54 Å². The van der Waals surface area contributed by atoms with Crippen molar-refractivity contribution in [2.24, 2.45) is 0 Å². The maximum absolute atomic E-state index is 2.54. The Bertz CT molecular complexity index is 976. The van der Waals surface area contributed by atoms with Gasteiger partial charge in [0.25, 0.3) is 0 Å². The number of rotatable bonds is 5. The summed E-state index contributed by atoms with van der Waals surface area (Å²) in [4.78, 5) is 0. The third-order valence-corrected chi connectivity index (χ3v) is 11.3. The van der Waals surface area contributed by atoms with Gasteiger partial charge in [-0.05, 0) is 42.8 Å². The van der Waals surface area contributed by atoms with Crippen molar-refractivity contribution < 1.29 is 0 Å². The van der Waals surface area contributed by atoms with E-state index in [2.05, 4.69) is 119 Å². The molecule has 4 rings (SSSR count). The minimum Gasteiger partial charge on any atom is -0.0790 e. The number of allylic oxidation sites excluding steroid dienone is 4. The fraction of sp³-hybridized carbons (Fsp3) is 0.214. The topological polar surface area (TPSA) is 0 Å². The molecule has 3 aromatic carbocycles. The van der Waals surface area contributed by atoms with Crippen molar-refractivity contribution in [2.45, 2.75) is 39.7 Å².